The third-order valence-electron chi connectivity index (χ3n) is 2.96. The molecule has 5 N–H and O–H groups in total. The number of benzene rings is 1. The summed E-state index contributed by atoms with van der Waals surface area (Å²) in [6, 6.07) is 7.73. The molecule has 1 amide bonds. The molecule has 1 aromatic rings. The predicted molar refractivity (Wildman–Crippen MR) is 74.0 cm³/mol. The third-order valence-corrected chi connectivity index (χ3v) is 2.96. The number of amides is 1. The molecule has 20 heavy (non-hydrogen) atoms. The van der Waals surface area contributed by atoms with E-state index < -0.39 is 24.0 Å². The van der Waals surface area contributed by atoms with Crippen LogP contribution in [0.4, 0.5) is 0 Å². The first-order valence-electron chi connectivity index (χ1n) is 6.48. The van der Waals surface area contributed by atoms with Crippen molar-refractivity contribution >= 4 is 11.9 Å². The molecule has 0 saturated carbocycles. The van der Waals surface area contributed by atoms with Gasteiger partial charge in [0.1, 0.15) is 6.04 Å². The van der Waals surface area contributed by atoms with E-state index in [1.165, 1.54) is 0 Å². The van der Waals surface area contributed by atoms with E-state index in [2.05, 4.69) is 5.32 Å². The smallest absolute Gasteiger partial charge is 0.326 e. The fraction of sp³-hybridized carbons (Fsp3) is 0.429. The average molecular weight is 280 g/mol. The minimum absolute atomic E-state index is 0.0352. The molecule has 110 valence electrons. The van der Waals surface area contributed by atoms with E-state index in [0.717, 1.165) is 5.56 Å². The minimum Gasteiger partial charge on any atom is -0.480 e. The van der Waals surface area contributed by atoms with Crippen LogP contribution in [0.2, 0.25) is 0 Å². The zero-order chi connectivity index (χ0) is 15.0. The van der Waals surface area contributed by atoms with Crippen molar-refractivity contribution in [3.63, 3.8) is 0 Å². The lowest BCUT2D eigenvalue weighted by Gasteiger charge is -2.17. The van der Waals surface area contributed by atoms with E-state index in [4.69, 9.17) is 15.9 Å². The predicted octanol–water partition coefficient (Wildman–Crippen LogP) is -0.102. The number of nitrogens with one attached hydrogen (secondary N) is 1. The summed E-state index contributed by atoms with van der Waals surface area (Å²) in [5.74, 6) is -1.69. The molecule has 2 unspecified atom stereocenters. The number of hydrogen-bond donors (Lipinski definition) is 4. The number of rotatable bonds is 8. The van der Waals surface area contributed by atoms with Crippen LogP contribution in [-0.4, -0.2) is 40.8 Å². The second kappa shape index (κ2) is 8.29. The molecule has 6 heteroatoms. The van der Waals surface area contributed by atoms with Crippen LogP contribution in [0.5, 0.6) is 0 Å². The van der Waals surface area contributed by atoms with Gasteiger partial charge in [0.25, 0.3) is 0 Å². The first kappa shape index (κ1) is 16.1. The van der Waals surface area contributed by atoms with Gasteiger partial charge in [-0.1, -0.05) is 30.3 Å². The highest BCUT2D eigenvalue weighted by atomic mass is 16.4. The van der Waals surface area contributed by atoms with Crippen molar-refractivity contribution in [1.82, 2.24) is 5.32 Å². The summed E-state index contributed by atoms with van der Waals surface area (Å²) in [7, 11) is 0. The van der Waals surface area contributed by atoms with E-state index in [-0.39, 0.29) is 13.0 Å². The number of aliphatic carboxylic acids is 1. The van der Waals surface area contributed by atoms with E-state index >= 15 is 0 Å². The van der Waals surface area contributed by atoms with Crippen LogP contribution in [-0.2, 0) is 16.0 Å². The summed E-state index contributed by atoms with van der Waals surface area (Å²) < 4.78 is 0. The summed E-state index contributed by atoms with van der Waals surface area (Å²) >= 11 is 0. The molecule has 0 fully saturated rings. The van der Waals surface area contributed by atoms with Gasteiger partial charge in [0.05, 0.1) is 6.04 Å². The van der Waals surface area contributed by atoms with Crippen LogP contribution in [0.25, 0.3) is 0 Å². The Hall–Kier alpha value is -1.92. The van der Waals surface area contributed by atoms with Crippen molar-refractivity contribution in [1.29, 1.82) is 0 Å². The Morgan fingerprint density at radius 2 is 1.85 bits per heavy atom. The van der Waals surface area contributed by atoms with Gasteiger partial charge in [-0.15, -0.1) is 0 Å². The topological polar surface area (TPSA) is 113 Å². The maximum atomic E-state index is 11.8. The van der Waals surface area contributed by atoms with Gasteiger partial charge in [-0.2, -0.15) is 0 Å². The number of aryl methyl sites for hydroxylation is 1. The van der Waals surface area contributed by atoms with Gasteiger partial charge in [0.2, 0.25) is 5.91 Å². The second-order valence-electron chi connectivity index (χ2n) is 4.54. The van der Waals surface area contributed by atoms with Crippen molar-refractivity contribution < 1.29 is 19.8 Å². The van der Waals surface area contributed by atoms with Crippen molar-refractivity contribution in [2.75, 3.05) is 6.61 Å². The number of hydrogen-bond acceptors (Lipinski definition) is 4. The molecule has 1 rings (SSSR count). The Kier molecular flexibility index (Phi) is 6.69. The molecule has 2 atom stereocenters. The molecular weight excluding hydrogens is 260 g/mol. The molecule has 0 saturated heterocycles. The Morgan fingerprint density at radius 3 is 2.40 bits per heavy atom. The normalized spacial score (nSPS) is 13.5. The van der Waals surface area contributed by atoms with Gasteiger partial charge in [0, 0.05) is 13.0 Å². The van der Waals surface area contributed by atoms with E-state index in [9.17, 15) is 9.59 Å². The van der Waals surface area contributed by atoms with E-state index in [0.29, 0.717) is 12.8 Å². The minimum atomic E-state index is -1.18. The molecule has 0 aliphatic heterocycles. The van der Waals surface area contributed by atoms with Gasteiger partial charge in [-0.25, -0.2) is 4.79 Å². The average Bonchev–Trinajstić information content (AvgIpc) is 2.45. The largest absolute Gasteiger partial charge is 0.480 e. The number of carboxylic acid groups (broad SMARTS) is 1. The number of carboxylic acids is 1. The number of carbonyl (C=O) groups excluding carboxylic acids is 1. The highest BCUT2D eigenvalue weighted by Crippen LogP contribution is 2.04. The molecule has 0 aliphatic carbocycles. The molecule has 0 aromatic heterocycles. The molecule has 0 spiro atoms. The Bertz CT molecular complexity index is 436. The molecule has 6 nitrogen and oxygen atoms in total. The highest BCUT2D eigenvalue weighted by molar-refractivity contribution is 5.86. The Labute approximate surface area is 117 Å². The van der Waals surface area contributed by atoms with E-state index in [1.54, 1.807) is 0 Å². The van der Waals surface area contributed by atoms with Crippen molar-refractivity contribution in [3.05, 3.63) is 35.9 Å². The van der Waals surface area contributed by atoms with Crippen LogP contribution >= 0.6 is 0 Å². The number of aliphatic hydroxyl groups excluding tert-OH is 1. The first-order chi connectivity index (χ1) is 9.54. The maximum Gasteiger partial charge on any atom is 0.326 e. The molecular formula is C14H20N2O4. The SMILES string of the molecule is NC(CCc1ccccc1)C(=O)NC(CCO)C(=O)O. The molecule has 1 aromatic carbocycles. The number of carbonyl (C=O) groups is 2. The standard InChI is InChI=1S/C14H20N2O4/c15-11(7-6-10-4-2-1-3-5-10)13(18)16-12(8-9-17)14(19)20/h1-5,11-12,17H,6-9,15H2,(H,16,18)(H,19,20). The lowest BCUT2D eigenvalue weighted by atomic mass is 10.0. The van der Waals surface area contributed by atoms with Gasteiger partial charge >= 0.3 is 5.97 Å². The number of aliphatic hydroxyl groups is 1. The summed E-state index contributed by atoms with van der Waals surface area (Å²) in [4.78, 5) is 22.6. The van der Waals surface area contributed by atoms with Gasteiger partial charge in [-0.05, 0) is 18.4 Å². The lowest BCUT2D eigenvalue weighted by Crippen LogP contribution is -2.48. The molecule has 0 radical (unpaired) electrons. The highest BCUT2D eigenvalue weighted by Gasteiger charge is 2.22. The second-order valence-corrected chi connectivity index (χ2v) is 4.54. The van der Waals surface area contributed by atoms with Gasteiger partial charge < -0.3 is 21.3 Å². The summed E-state index contributed by atoms with van der Waals surface area (Å²) in [6.45, 7) is -0.309. The first-order valence-corrected chi connectivity index (χ1v) is 6.48. The van der Waals surface area contributed by atoms with Crippen LogP contribution in [0, 0.1) is 0 Å². The zero-order valence-corrected chi connectivity index (χ0v) is 11.2. The third kappa shape index (κ3) is 5.38. The van der Waals surface area contributed by atoms with Crippen LogP contribution in [0.15, 0.2) is 30.3 Å². The van der Waals surface area contributed by atoms with Crippen molar-refractivity contribution in [3.8, 4) is 0 Å². The van der Waals surface area contributed by atoms with E-state index in [1.807, 2.05) is 30.3 Å². The Balaban J connectivity index is 2.44. The lowest BCUT2D eigenvalue weighted by molar-refractivity contribution is -0.142. The zero-order valence-electron chi connectivity index (χ0n) is 11.2. The summed E-state index contributed by atoms with van der Waals surface area (Å²) in [5, 5.41) is 19.9. The van der Waals surface area contributed by atoms with Crippen LogP contribution in [0.3, 0.4) is 0 Å². The summed E-state index contributed by atoms with van der Waals surface area (Å²) in [5.41, 5.74) is 6.81. The molecule has 0 aliphatic rings. The quantitative estimate of drug-likeness (QED) is 0.531. The van der Waals surface area contributed by atoms with Crippen molar-refractivity contribution in [2.24, 2.45) is 5.73 Å². The van der Waals surface area contributed by atoms with Crippen LogP contribution < -0.4 is 11.1 Å². The van der Waals surface area contributed by atoms with Gasteiger partial charge in [0.15, 0.2) is 0 Å². The monoisotopic (exact) mass is 280 g/mol. The molecule has 0 heterocycles. The van der Waals surface area contributed by atoms with Crippen LogP contribution in [0.1, 0.15) is 18.4 Å². The summed E-state index contributed by atoms with van der Waals surface area (Å²) in [6.07, 6.45) is 1.04. The molecule has 0 bridgehead atoms. The van der Waals surface area contributed by atoms with Gasteiger partial charge in [-0.3, -0.25) is 4.79 Å². The fourth-order valence-corrected chi connectivity index (χ4v) is 1.76. The Morgan fingerprint density at radius 1 is 1.20 bits per heavy atom. The fourth-order valence-electron chi connectivity index (χ4n) is 1.76. The van der Waals surface area contributed by atoms with Crippen molar-refractivity contribution in [2.45, 2.75) is 31.3 Å². The number of nitrogens with two attached hydrogens (primary N) is 1. The maximum absolute atomic E-state index is 11.8.